The molecule has 78 valence electrons. The van der Waals surface area contributed by atoms with Crippen LogP contribution in [0.4, 0.5) is 18.9 Å². The summed E-state index contributed by atoms with van der Waals surface area (Å²) in [4.78, 5) is 0. The number of anilines is 1. The van der Waals surface area contributed by atoms with Crippen molar-refractivity contribution in [2.45, 2.75) is 13.1 Å². The predicted molar refractivity (Wildman–Crippen MR) is 58.4 cm³/mol. The summed E-state index contributed by atoms with van der Waals surface area (Å²) in [6, 6.07) is 5.13. The lowest BCUT2D eigenvalue weighted by molar-refractivity contribution is -0.115. The first-order valence-electron chi connectivity index (χ1n) is 3.95. The summed E-state index contributed by atoms with van der Waals surface area (Å²) in [5.74, 6) is 0. The number of aryl methyl sites for hydroxylation is 1. The summed E-state index contributed by atoms with van der Waals surface area (Å²) < 4.78 is 36.6. The molecular formula is C9H9F3IN. The number of alkyl halides is 3. The van der Waals surface area contributed by atoms with Crippen LogP contribution in [0.5, 0.6) is 0 Å². The minimum Gasteiger partial charge on any atom is -0.376 e. The minimum absolute atomic E-state index is 0.500. The first kappa shape index (κ1) is 11.6. The second-order valence-corrected chi connectivity index (χ2v) is 4.09. The third-order valence-corrected chi connectivity index (χ3v) is 2.86. The van der Waals surface area contributed by atoms with E-state index < -0.39 is 12.7 Å². The molecule has 1 N–H and O–H groups in total. The van der Waals surface area contributed by atoms with E-state index >= 15 is 0 Å². The van der Waals surface area contributed by atoms with Crippen LogP contribution in [0, 0.1) is 10.5 Å². The van der Waals surface area contributed by atoms with Crippen LogP contribution in [0.15, 0.2) is 18.2 Å². The van der Waals surface area contributed by atoms with Crippen LogP contribution in [0.25, 0.3) is 0 Å². The van der Waals surface area contributed by atoms with Crippen LogP contribution in [-0.2, 0) is 0 Å². The summed E-state index contributed by atoms with van der Waals surface area (Å²) >= 11 is 2.14. The van der Waals surface area contributed by atoms with Crippen molar-refractivity contribution in [3.63, 3.8) is 0 Å². The van der Waals surface area contributed by atoms with Gasteiger partial charge in [0.1, 0.15) is 6.54 Å². The third kappa shape index (κ3) is 3.73. The summed E-state index contributed by atoms with van der Waals surface area (Å²) in [5.41, 5.74) is 1.47. The Hall–Kier alpha value is -0.460. The molecule has 0 aromatic heterocycles. The van der Waals surface area contributed by atoms with E-state index in [2.05, 4.69) is 27.9 Å². The monoisotopic (exact) mass is 315 g/mol. The van der Waals surface area contributed by atoms with Gasteiger partial charge in [-0.3, -0.25) is 0 Å². The van der Waals surface area contributed by atoms with Gasteiger partial charge in [0.2, 0.25) is 0 Å². The van der Waals surface area contributed by atoms with Crippen LogP contribution in [0.2, 0.25) is 0 Å². The van der Waals surface area contributed by atoms with E-state index in [0.29, 0.717) is 5.69 Å². The lowest BCUT2D eigenvalue weighted by Gasteiger charge is -2.10. The zero-order valence-electron chi connectivity index (χ0n) is 7.45. The summed E-state index contributed by atoms with van der Waals surface area (Å²) in [6.45, 7) is 0.869. The van der Waals surface area contributed by atoms with Gasteiger partial charge in [0, 0.05) is 9.26 Å². The maximum absolute atomic E-state index is 11.9. The predicted octanol–water partition coefficient (Wildman–Crippen LogP) is 3.57. The first-order chi connectivity index (χ1) is 6.38. The van der Waals surface area contributed by atoms with E-state index in [0.717, 1.165) is 9.13 Å². The molecule has 0 radical (unpaired) electrons. The van der Waals surface area contributed by atoms with Gasteiger partial charge in [-0.1, -0.05) is 0 Å². The lowest BCUT2D eigenvalue weighted by atomic mass is 10.2. The van der Waals surface area contributed by atoms with Gasteiger partial charge >= 0.3 is 6.18 Å². The Bertz CT molecular complexity index is 322. The Labute approximate surface area is 93.8 Å². The van der Waals surface area contributed by atoms with E-state index in [4.69, 9.17) is 0 Å². The molecule has 0 fully saturated rings. The number of hydrogen-bond acceptors (Lipinski definition) is 1. The van der Waals surface area contributed by atoms with Gasteiger partial charge in [-0.15, -0.1) is 0 Å². The Morgan fingerprint density at radius 3 is 2.50 bits per heavy atom. The molecule has 0 atom stereocenters. The fourth-order valence-electron chi connectivity index (χ4n) is 0.957. The van der Waals surface area contributed by atoms with E-state index in [1.807, 2.05) is 6.92 Å². The standard InChI is InChI=1S/C9H9F3IN/c1-6-4-7(2-3-8(6)13)14-5-9(10,11)12/h2-4,14H,5H2,1H3. The normalized spacial score (nSPS) is 11.5. The Kier molecular flexibility index (Phi) is 3.63. The first-order valence-corrected chi connectivity index (χ1v) is 5.03. The average molecular weight is 315 g/mol. The van der Waals surface area contributed by atoms with Crippen molar-refractivity contribution < 1.29 is 13.2 Å². The molecule has 0 heterocycles. The summed E-state index contributed by atoms with van der Waals surface area (Å²) in [5, 5.41) is 2.32. The number of rotatable bonds is 2. The molecule has 0 spiro atoms. The highest BCUT2D eigenvalue weighted by Gasteiger charge is 2.26. The molecular weight excluding hydrogens is 306 g/mol. The van der Waals surface area contributed by atoms with Crippen LogP contribution in [0.1, 0.15) is 5.56 Å². The molecule has 0 saturated heterocycles. The molecule has 0 unspecified atom stereocenters. The lowest BCUT2D eigenvalue weighted by Crippen LogP contribution is -2.21. The van der Waals surface area contributed by atoms with Gasteiger partial charge < -0.3 is 5.32 Å². The molecule has 0 amide bonds. The molecule has 1 aromatic rings. The zero-order chi connectivity index (χ0) is 10.8. The van der Waals surface area contributed by atoms with E-state index in [1.54, 1.807) is 18.2 Å². The quantitative estimate of drug-likeness (QED) is 0.823. The minimum atomic E-state index is -4.17. The number of nitrogens with one attached hydrogen (secondary N) is 1. The van der Waals surface area contributed by atoms with Crippen molar-refractivity contribution in [1.29, 1.82) is 0 Å². The zero-order valence-corrected chi connectivity index (χ0v) is 9.61. The van der Waals surface area contributed by atoms with Crippen molar-refractivity contribution in [3.05, 3.63) is 27.3 Å². The molecule has 0 aliphatic carbocycles. The average Bonchev–Trinajstić information content (AvgIpc) is 2.06. The Balaban J connectivity index is 2.65. The fourth-order valence-corrected chi connectivity index (χ4v) is 1.29. The molecule has 1 rings (SSSR count). The molecule has 0 saturated carbocycles. The van der Waals surface area contributed by atoms with Crippen LogP contribution in [0.3, 0.4) is 0 Å². The van der Waals surface area contributed by atoms with E-state index in [-0.39, 0.29) is 0 Å². The van der Waals surface area contributed by atoms with Crippen molar-refractivity contribution in [2.75, 3.05) is 11.9 Å². The Morgan fingerprint density at radius 1 is 1.36 bits per heavy atom. The van der Waals surface area contributed by atoms with E-state index in [9.17, 15) is 13.2 Å². The van der Waals surface area contributed by atoms with Crippen molar-refractivity contribution in [1.82, 2.24) is 0 Å². The summed E-state index contributed by atoms with van der Waals surface area (Å²) in [6.07, 6.45) is -4.17. The van der Waals surface area contributed by atoms with Gasteiger partial charge in [-0.05, 0) is 53.3 Å². The SMILES string of the molecule is Cc1cc(NCC(F)(F)F)ccc1I. The Morgan fingerprint density at radius 2 is 2.00 bits per heavy atom. The number of benzene rings is 1. The fraction of sp³-hybridized carbons (Fsp3) is 0.333. The molecule has 14 heavy (non-hydrogen) atoms. The van der Waals surface area contributed by atoms with Gasteiger partial charge in [0.15, 0.2) is 0 Å². The highest BCUT2D eigenvalue weighted by molar-refractivity contribution is 14.1. The molecule has 0 aliphatic heterocycles. The second kappa shape index (κ2) is 4.37. The molecule has 1 aromatic carbocycles. The highest BCUT2D eigenvalue weighted by atomic mass is 127. The van der Waals surface area contributed by atoms with Gasteiger partial charge in [0.05, 0.1) is 0 Å². The van der Waals surface area contributed by atoms with Crippen LogP contribution < -0.4 is 5.32 Å². The van der Waals surface area contributed by atoms with Crippen molar-refractivity contribution >= 4 is 28.3 Å². The third-order valence-electron chi connectivity index (χ3n) is 1.65. The highest BCUT2D eigenvalue weighted by Crippen LogP contribution is 2.19. The summed E-state index contributed by atoms with van der Waals surface area (Å²) in [7, 11) is 0. The second-order valence-electron chi connectivity index (χ2n) is 2.93. The van der Waals surface area contributed by atoms with Gasteiger partial charge in [-0.25, -0.2) is 0 Å². The maximum Gasteiger partial charge on any atom is 0.405 e. The number of hydrogen-bond donors (Lipinski definition) is 1. The maximum atomic E-state index is 11.9. The smallest absolute Gasteiger partial charge is 0.376 e. The van der Waals surface area contributed by atoms with Gasteiger partial charge in [0.25, 0.3) is 0 Å². The number of halogens is 4. The van der Waals surface area contributed by atoms with Crippen LogP contribution in [-0.4, -0.2) is 12.7 Å². The largest absolute Gasteiger partial charge is 0.405 e. The molecule has 1 nitrogen and oxygen atoms in total. The van der Waals surface area contributed by atoms with Crippen LogP contribution >= 0.6 is 22.6 Å². The van der Waals surface area contributed by atoms with E-state index in [1.165, 1.54) is 0 Å². The molecule has 0 bridgehead atoms. The van der Waals surface area contributed by atoms with Gasteiger partial charge in [-0.2, -0.15) is 13.2 Å². The van der Waals surface area contributed by atoms with Crippen molar-refractivity contribution in [3.8, 4) is 0 Å². The molecule has 5 heteroatoms. The van der Waals surface area contributed by atoms with Crippen molar-refractivity contribution in [2.24, 2.45) is 0 Å². The topological polar surface area (TPSA) is 12.0 Å². The molecule has 0 aliphatic rings.